The van der Waals surface area contributed by atoms with Crippen LogP contribution in [0.25, 0.3) is 0 Å². The molecule has 3 N–H and O–H groups in total. The van der Waals surface area contributed by atoms with Crippen LogP contribution >= 0.6 is 0 Å². The third kappa shape index (κ3) is 4.42. The quantitative estimate of drug-likeness (QED) is 0.744. The summed E-state index contributed by atoms with van der Waals surface area (Å²) in [6, 6.07) is 7.66. The number of amides is 1. The lowest BCUT2D eigenvalue weighted by molar-refractivity contribution is -0.121. The Morgan fingerprint density at radius 2 is 2.11 bits per heavy atom. The van der Waals surface area contributed by atoms with E-state index in [-0.39, 0.29) is 5.91 Å². The number of carbonyl (C=O) groups excluding carboxylic acids is 1. The van der Waals surface area contributed by atoms with Crippen molar-refractivity contribution < 1.29 is 4.79 Å². The molecule has 1 aromatic heterocycles. The molecule has 1 aromatic carbocycles. The topological polar surface area (TPSA) is 85.8 Å². The van der Waals surface area contributed by atoms with Gasteiger partial charge in [-0.15, -0.1) is 5.10 Å². The van der Waals surface area contributed by atoms with E-state index in [0.29, 0.717) is 19.5 Å². The molecule has 0 bridgehead atoms. The Labute approximate surface area is 111 Å². The average Bonchev–Trinajstić information content (AvgIpc) is 2.92. The highest BCUT2D eigenvalue weighted by Gasteiger charge is 2.02. The molecule has 0 aliphatic heterocycles. The van der Waals surface area contributed by atoms with Crippen molar-refractivity contribution in [3.8, 4) is 0 Å². The van der Waals surface area contributed by atoms with Crippen LogP contribution in [0.15, 0.2) is 36.7 Å². The summed E-state index contributed by atoms with van der Waals surface area (Å²) >= 11 is 0. The van der Waals surface area contributed by atoms with E-state index < -0.39 is 0 Å². The predicted molar refractivity (Wildman–Crippen MR) is 72.2 cm³/mol. The number of rotatable bonds is 6. The molecule has 0 saturated carbocycles. The minimum atomic E-state index is 0.0194. The number of aryl methyl sites for hydroxylation is 1. The van der Waals surface area contributed by atoms with Gasteiger partial charge in [0, 0.05) is 24.8 Å². The lowest BCUT2D eigenvalue weighted by Crippen LogP contribution is -2.26. The molecule has 6 nitrogen and oxygen atoms in total. The highest BCUT2D eigenvalue weighted by atomic mass is 16.1. The molecule has 0 unspecified atom stereocenters. The number of nitrogens with two attached hydrogens (primary N) is 1. The average molecular weight is 259 g/mol. The molecule has 2 aromatic rings. The van der Waals surface area contributed by atoms with Crippen LogP contribution < -0.4 is 11.1 Å². The van der Waals surface area contributed by atoms with Crippen molar-refractivity contribution in [2.75, 3.05) is 12.3 Å². The van der Waals surface area contributed by atoms with Gasteiger partial charge in [-0.05, 0) is 24.1 Å². The molecule has 0 saturated heterocycles. The van der Waals surface area contributed by atoms with E-state index in [1.165, 1.54) is 0 Å². The third-order valence-corrected chi connectivity index (χ3v) is 2.76. The number of hydrogen-bond donors (Lipinski definition) is 2. The summed E-state index contributed by atoms with van der Waals surface area (Å²) in [6.07, 6.45) is 4.54. The second kappa shape index (κ2) is 6.53. The van der Waals surface area contributed by atoms with Gasteiger partial charge in [-0.3, -0.25) is 9.48 Å². The summed E-state index contributed by atoms with van der Waals surface area (Å²) in [4.78, 5) is 11.6. The van der Waals surface area contributed by atoms with E-state index in [1.807, 2.05) is 24.3 Å². The summed E-state index contributed by atoms with van der Waals surface area (Å²) < 4.78 is 1.64. The molecule has 1 amide bonds. The number of hydrogen-bond acceptors (Lipinski definition) is 4. The van der Waals surface area contributed by atoms with Gasteiger partial charge in [-0.25, -0.2) is 0 Å². The number of nitrogens with zero attached hydrogens (tertiary/aromatic N) is 3. The number of aromatic nitrogens is 3. The number of carbonyl (C=O) groups is 1. The van der Waals surface area contributed by atoms with Gasteiger partial charge in [0.2, 0.25) is 5.91 Å². The molecule has 2 rings (SSSR count). The van der Waals surface area contributed by atoms with Crippen LogP contribution in [0.5, 0.6) is 0 Å². The van der Waals surface area contributed by atoms with Crippen molar-refractivity contribution in [1.82, 2.24) is 20.3 Å². The van der Waals surface area contributed by atoms with E-state index >= 15 is 0 Å². The summed E-state index contributed by atoms with van der Waals surface area (Å²) in [7, 11) is 0. The fourth-order valence-corrected chi connectivity index (χ4v) is 1.69. The van der Waals surface area contributed by atoms with Crippen LogP contribution in [0.1, 0.15) is 12.0 Å². The van der Waals surface area contributed by atoms with Crippen molar-refractivity contribution in [1.29, 1.82) is 0 Å². The van der Waals surface area contributed by atoms with Crippen LogP contribution in [-0.2, 0) is 17.8 Å². The summed E-state index contributed by atoms with van der Waals surface area (Å²) in [5.41, 5.74) is 7.52. The van der Waals surface area contributed by atoms with E-state index in [0.717, 1.165) is 17.7 Å². The molecule has 0 spiro atoms. The fourth-order valence-electron chi connectivity index (χ4n) is 1.69. The number of anilines is 1. The van der Waals surface area contributed by atoms with Crippen LogP contribution in [0.3, 0.4) is 0 Å². The zero-order chi connectivity index (χ0) is 13.5. The number of nitrogen functional groups attached to an aromatic ring is 1. The van der Waals surface area contributed by atoms with Gasteiger partial charge in [0.25, 0.3) is 0 Å². The van der Waals surface area contributed by atoms with Gasteiger partial charge in [-0.2, -0.15) is 0 Å². The van der Waals surface area contributed by atoms with Crippen molar-refractivity contribution >= 4 is 11.6 Å². The Kier molecular flexibility index (Phi) is 4.49. The van der Waals surface area contributed by atoms with Crippen molar-refractivity contribution in [2.45, 2.75) is 19.4 Å². The zero-order valence-electron chi connectivity index (χ0n) is 10.6. The van der Waals surface area contributed by atoms with Crippen LogP contribution in [0.4, 0.5) is 5.69 Å². The van der Waals surface area contributed by atoms with Crippen molar-refractivity contribution in [2.24, 2.45) is 0 Å². The standard InChI is InChI=1S/C13H17N5O/c14-12-3-1-11(2-4-12)5-7-15-13(19)6-9-18-10-8-16-17-18/h1-4,8,10H,5-7,9,14H2,(H,15,19). The smallest absolute Gasteiger partial charge is 0.221 e. The SMILES string of the molecule is Nc1ccc(CCNC(=O)CCn2ccnn2)cc1. The maximum Gasteiger partial charge on any atom is 0.221 e. The second-order valence-electron chi connectivity index (χ2n) is 4.26. The van der Waals surface area contributed by atoms with Crippen molar-refractivity contribution in [3.63, 3.8) is 0 Å². The molecule has 19 heavy (non-hydrogen) atoms. The van der Waals surface area contributed by atoms with Gasteiger partial charge in [-0.1, -0.05) is 17.3 Å². The minimum Gasteiger partial charge on any atom is -0.399 e. The Morgan fingerprint density at radius 3 is 2.79 bits per heavy atom. The van der Waals surface area contributed by atoms with Gasteiger partial charge < -0.3 is 11.1 Å². The normalized spacial score (nSPS) is 10.3. The molecule has 6 heteroatoms. The van der Waals surface area contributed by atoms with E-state index in [2.05, 4.69) is 15.6 Å². The molecule has 0 atom stereocenters. The van der Waals surface area contributed by atoms with Crippen LogP contribution in [0.2, 0.25) is 0 Å². The Morgan fingerprint density at radius 1 is 1.32 bits per heavy atom. The van der Waals surface area contributed by atoms with Gasteiger partial charge in [0.05, 0.1) is 12.7 Å². The predicted octanol–water partition coefficient (Wildman–Crippen LogP) is 0.609. The number of benzene rings is 1. The minimum absolute atomic E-state index is 0.0194. The lowest BCUT2D eigenvalue weighted by Gasteiger charge is -2.05. The molecule has 0 aliphatic rings. The first-order valence-corrected chi connectivity index (χ1v) is 6.19. The number of nitrogens with one attached hydrogen (secondary N) is 1. The highest BCUT2D eigenvalue weighted by Crippen LogP contribution is 2.05. The van der Waals surface area contributed by atoms with Gasteiger partial charge in [0.1, 0.15) is 0 Å². The van der Waals surface area contributed by atoms with Gasteiger partial charge in [0.15, 0.2) is 0 Å². The molecule has 0 aliphatic carbocycles. The van der Waals surface area contributed by atoms with Crippen LogP contribution in [-0.4, -0.2) is 27.4 Å². The van der Waals surface area contributed by atoms with Gasteiger partial charge >= 0.3 is 0 Å². The highest BCUT2D eigenvalue weighted by molar-refractivity contribution is 5.75. The van der Waals surface area contributed by atoms with Crippen LogP contribution in [0, 0.1) is 0 Å². The lowest BCUT2D eigenvalue weighted by atomic mass is 10.1. The molecule has 1 heterocycles. The molecule has 100 valence electrons. The molecule has 0 radical (unpaired) electrons. The summed E-state index contributed by atoms with van der Waals surface area (Å²) in [5.74, 6) is 0.0194. The fraction of sp³-hybridized carbons (Fsp3) is 0.308. The Balaban J connectivity index is 1.65. The monoisotopic (exact) mass is 259 g/mol. The molecule has 0 fully saturated rings. The maximum absolute atomic E-state index is 11.6. The molecular formula is C13H17N5O. The Bertz CT molecular complexity index is 506. The maximum atomic E-state index is 11.6. The first kappa shape index (κ1) is 13.1. The summed E-state index contributed by atoms with van der Waals surface area (Å²) in [5, 5.41) is 10.4. The second-order valence-corrected chi connectivity index (χ2v) is 4.26. The molecular weight excluding hydrogens is 242 g/mol. The first-order chi connectivity index (χ1) is 9.24. The van der Waals surface area contributed by atoms with E-state index in [9.17, 15) is 4.79 Å². The Hall–Kier alpha value is -2.37. The van der Waals surface area contributed by atoms with E-state index in [1.54, 1.807) is 17.1 Å². The van der Waals surface area contributed by atoms with E-state index in [4.69, 9.17) is 5.73 Å². The summed E-state index contributed by atoms with van der Waals surface area (Å²) in [6.45, 7) is 1.17. The largest absolute Gasteiger partial charge is 0.399 e. The first-order valence-electron chi connectivity index (χ1n) is 6.19. The zero-order valence-corrected chi connectivity index (χ0v) is 10.6. The third-order valence-electron chi connectivity index (χ3n) is 2.76. The van der Waals surface area contributed by atoms with Crippen molar-refractivity contribution in [3.05, 3.63) is 42.2 Å².